The molecule has 0 aliphatic heterocycles. The zero-order valence-corrected chi connectivity index (χ0v) is 16.6. The molecule has 1 heterocycles. The first kappa shape index (κ1) is 19.3. The Morgan fingerprint density at radius 2 is 1.66 bits per heavy atom. The number of halogens is 2. The van der Waals surface area contributed by atoms with Crippen LogP contribution in [0.15, 0.2) is 60.7 Å². The van der Waals surface area contributed by atoms with Crippen LogP contribution in [0.2, 0.25) is 0 Å². The van der Waals surface area contributed by atoms with Gasteiger partial charge in [-0.3, -0.25) is 4.68 Å². The lowest BCUT2D eigenvalue weighted by Gasteiger charge is -2.17. The van der Waals surface area contributed by atoms with Gasteiger partial charge in [0, 0.05) is 17.0 Å². The zero-order chi connectivity index (χ0) is 20.8. The average Bonchev–Trinajstić information content (AvgIpc) is 2.94. The van der Waals surface area contributed by atoms with Gasteiger partial charge in [0.15, 0.2) is 0 Å². The summed E-state index contributed by atoms with van der Waals surface area (Å²) >= 11 is 0. The third-order valence-electron chi connectivity index (χ3n) is 4.91. The largest absolute Gasteiger partial charge is 0.389 e. The molecular formula is C24H22F2N2O. The highest BCUT2D eigenvalue weighted by Gasteiger charge is 2.20. The number of hydrogen-bond donors (Lipinski definition) is 1. The van der Waals surface area contributed by atoms with Crippen LogP contribution >= 0.6 is 0 Å². The summed E-state index contributed by atoms with van der Waals surface area (Å²) in [5, 5.41) is 15.4. The summed E-state index contributed by atoms with van der Waals surface area (Å²) in [5.41, 5.74) is 2.99. The van der Waals surface area contributed by atoms with Crippen molar-refractivity contribution in [1.29, 1.82) is 0 Å². The molecule has 1 aromatic heterocycles. The van der Waals surface area contributed by atoms with Crippen molar-refractivity contribution in [1.82, 2.24) is 9.78 Å². The Kier molecular flexibility index (Phi) is 4.71. The third kappa shape index (κ3) is 3.78. The highest BCUT2D eigenvalue weighted by atomic mass is 19.1. The normalized spacial score (nSPS) is 11.9. The van der Waals surface area contributed by atoms with Gasteiger partial charge < -0.3 is 5.11 Å². The third-order valence-corrected chi connectivity index (χ3v) is 4.91. The second-order valence-corrected chi connectivity index (χ2v) is 7.96. The number of benzene rings is 3. The molecule has 148 valence electrons. The predicted molar refractivity (Wildman–Crippen MR) is 112 cm³/mol. The molecule has 0 unspecified atom stereocenters. The molecule has 0 spiro atoms. The van der Waals surface area contributed by atoms with Gasteiger partial charge in [0.25, 0.3) is 0 Å². The molecule has 0 amide bonds. The second kappa shape index (κ2) is 7.08. The molecule has 0 fully saturated rings. The lowest BCUT2D eigenvalue weighted by atomic mass is 9.93. The fourth-order valence-corrected chi connectivity index (χ4v) is 3.67. The maximum absolute atomic E-state index is 15.2. The van der Waals surface area contributed by atoms with E-state index in [0.29, 0.717) is 22.2 Å². The molecular weight excluding hydrogens is 370 g/mol. The Balaban J connectivity index is 1.90. The molecule has 4 aromatic rings. The summed E-state index contributed by atoms with van der Waals surface area (Å²) in [7, 11) is 0. The summed E-state index contributed by atoms with van der Waals surface area (Å²) in [5.74, 6) is -0.727. The predicted octanol–water partition coefficient (Wildman–Crippen LogP) is 5.73. The van der Waals surface area contributed by atoms with Gasteiger partial charge in [0.1, 0.15) is 11.6 Å². The van der Waals surface area contributed by atoms with Crippen LogP contribution in [0.3, 0.4) is 0 Å². The minimum Gasteiger partial charge on any atom is -0.389 e. The van der Waals surface area contributed by atoms with Crippen LogP contribution in [-0.4, -0.2) is 20.5 Å². The molecule has 0 saturated carbocycles. The number of aryl methyl sites for hydroxylation is 1. The van der Waals surface area contributed by atoms with Crippen LogP contribution in [0.1, 0.15) is 19.5 Å². The Morgan fingerprint density at radius 3 is 2.34 bits per heavy atom. The summed E-state index contributed by atoms with van der Waals surface area (Å²) in [6.07, 6.45) is 0. The minimum absolute atomic E-state index is 0.260. The molecule has 0 radical (unpaired) electrons. The van der Waals surface area contributed by atoms with Gasteiger partial charge in [0.2, 0.25) is 0 Å². The van der Waals surface area contributed by atoms with E-state index in [1.165, 1.54) is 18.2 Å². The Labute approximate surface area is 168 Å². The van der Waals surface area contributed by atoms with Gasteiger partial charge in [-0.05, 0) is 55.7 Å². The van der Waals surface area contributed by atoms with Crippen molar-refractivity contribution in [2.75, 3.05) is 0 Å². The van der Waals surface area contributed by atoms with Crippen molar-refractivity contribution in [3.8, 4) is 22.3 Å². The van der Waals surface area contributed by atoms with Crippen molar-refractivity contribution in [2.45, 2.75) is 32.9 Å². The summed E-state index contributed by atoms with van der Waals surface area (Å²) in [4.78, 5) is 0. The van der Waals surface area contributed by atoms with Crippen molar-refractivity contribution in [3.05, 3.63) is 78.0 Å². The lowest BCUT2D eigenvalue weighted by Crippen LogP contribution is -2.26. The van der Waals surface area contributed by atoms with Gasteiger partial charge in [0.05, 0.1) is 23.4 Å². The number of nitrogens with zero attached hydrogens (tertiary/aromatic N) is 2. The summed E-state index contributed by atoms with van der Waals surface area (Å²) < 4.78 is 30.6. The van der Waals surface area contributed by atoms with Crippen LogP contribution in [-0.2, 0) is 6.54 Å². The molecule has 4 rings (SSSR count). The molecule has 0 bridgehead atoms. The number of aromatic nitrogens is 2. The molecule has 3 aromatic carbocycles. The molecule has 0 atom stereocenters. The van der Waals surface area contributed by atoms with Crippen molar-refractivity contribution >= 4 is 10.9 Å². The van der Waals surface area contributed by atoms with Crippen LogP contribution in [0.4, 0.5) is 8.78 Å². The highest BCUT2D eigenvalue weighted by molar-refractivity contribution is 5.91. The molecule has 3 nitrogen and oxygen atoms in total. The molecule has 5 heteroatoms. The maximum Gasteiger partial charge on any atom is 0.133 e. The first-order valence-electron chi connectivity index (χ1n) is 9.47. The quantitative estimate of drug-likeness (QED) is 0.482. The van der Waals surface area contributed by atoms with Gasteiger partial charge >= 0.3 is 0 Å². The fraction of sp³-hybridized carbons (Fsp3) is 0.208. The second-order valence-electron chi connectivity index (χ2n) is 7.96. The minimum atomic E-state index is -0.968. The van der Waals surface area contributed by atoms with Gasteiger partial charge in [-0.25, -0.2) is 8.78 Å². The number of aliphatic hydroxyl groups is 1. The first-order valence-corrected chi connectivity index (χ1v) is 9.47. The van der Waals surface area contributed by atoms with E-state index in [-0.39, 0.29) is 12.4 Å². The molecule has 1 N–H and O–H groups in total. The Morgan fingerprint density at radius 1 is 0.931 bits per heavy atom. The van der Waals surface area contributed by atoms with Gasteiger partial charge in [-0.15, -0.1) is 0 Å². The van der Waals surface area contributed by atoms with E-state index in [4.69, 9.17) is 0 Å². The summed E-state index contributed by atoms with van der Waals surface area (Å²) in [6, 6.07) is 16.9. The van der Waals surface area contributed by atoms with Crippen LogP contribution in [0.25, 0.3) is 33.2 Å². The topological polar surface area (TPSA) is 38.0 Å². The lowest BCUT2D eigenvalue weighted by molar-refractivity contribution is 0.0590. The SMILES string of the molecule is Cc1nn(CC(C)(C)O)c2cc(F)c(-c3ccccc3-c3cccc(F)c3)cc12. The number of fused-ring (bicyclic) bond motifs is 1. The molecule has 0 saturated heterocycles. The Bertz CT molecular complexity index is 1210. The molecule has 0 aliphatic carbocycles. The van der Waals surface area contributed by atoms with E-state index in [1.807, 2.05) is 37.3 Å². The molecule has 29 heavy (non-hydrogen) atoms. The van der Waals surface area contributed by atoms with Crippen LogP contribution in [0, 0.1) is 18.6 Å². The maximum atomic E-state index is 15.2. The van der Waals surface area contributed by atoms with Gasteiger partial charge in [-0.2, -0.15) is 5.10 Å². The van der Waals surface area contributed by atoms with E-state index in [2.05, 4.69) is 5.10 Å². The standard InChI is InChI=1S/C24H22F2N2O/c1-15-20-12-21(22(26)13-23(20)28(27-15)14-24(2,3)29)19-10-5-4-9-18(19)16-7-6-8-17(25)11-16/h4-13,29H,14H2,1-3H3. The van der Waals surface area contributed by atoms with E-state index < -0.39 is 11.4 Å². The van der Waals surface area contributed by atoms with E-state index >= 15 is 4.39 Å². The van der Waals surface area contributed by atoms with E-state index in [9.17, 15) is 9.50 Å². The van der Waals surface area contributed by atoms with Crippen LogP contribution < -0.4 is 0 Å². The molecule has 0 aliphatic rings. The average molecular weight is 392 g/mol. The van der Waals surface area contributed by atoms with E-state index in [1.54, 1.807) is 30.7 Å². The van der Waals surface area contributed by atoms with Crippen LogP contribution in [0.5, 0.6) is 0 Å². The Hall–Kier alpha value is -3.05. The van der Waals surface area contributed by atoms with Crippen molar-refractivity contribution < 1.29 is 13.9 Å². The van der Waals surface area contributed by atoms with Gasteiger partial charge in [-0.1, -0.05) is 36.4 Å². The smallest absolute Gasteiger partial charge is 0.133 e. The summed E-state index contributed by atoms with van der Waals surface area (Å²) in [6.45, 7) is 5.50. The van der Waals surface area contributed by atoms with E-state index in [0.717, 1.165) is 16.6 Å². The highest BCUT2D eigenvalue weighted by Crippen LogP contribution is 2.36. The monoisotopic (exact) mass is 392 g/mol. The number of rotatable bonds is 4. The zero-order valence-electron chi connectivity index (χ0n) is 16.6. The fourth-order valence-electron chi connectivity index (χ4n) is 3.67. The van der Waals surface area contributed by atoms with Crippen molar-refractivity contribution in [2.24, 2.45) is 0 Å². The van der Waals surface area contributed by atoms with Crippen molar-refractivity contribution in [3.63, 3.8) is 0 Å². The first-order chi connectivity index (χ1) is 13.7. The number of hydrogen-bond acceptors (Lipinski definition) is 2.